The van der Waals surface area contributed by atoms with E-state index >= 15 is 0 Å². The number of likely N-dealkylation sites (tertiary alicyclic amines) is 1. The number of methoxy groups -OCH3 is 1. The molecule has 35 heavy (non-hydrogen) atoms. The highest BCUT2D eigenvalue weighted by atomic mass is 16.5. The first-order valence-electron chi connectivity index (χ1n) is 12.5. The minimum absolute atomic E-state index is 0.0793. The summed E-state index contributed by atoms with van der Waals surface area (Å²) in [5, 5.41) is 7.35. The lowest BCUT2D eigenvalue weighted by Gasteiger charge is -2.33. The molecule has 0 atom stereocenters. The Hall–Kier alpha value is -3.48. The largest absolute Gasteiger partial charge is 0.465 e. The number of nitrogens with one attached hydrogen (secondary N) is 1. The molecule has 182 valence electrons. The van der Waals surface area contributed by atoms with Crippen LogP contribution in [0.1, 0.15) is 87.2 Å². The first-order valence-corrected chi connectivity index (χ1v) is 12.5. The van der Waals surface area contributed by atoms with Gasteiger partial charge in [-0.1, -0.05) is 24.6 Å². The van der Waals surface area contributed by atoms with Crippen molar-refractivity contribution in [3.05, 3.63) is 70.0 Å². The average molecular weight is 473 g/mol. The maximum Gasteiger partial charge on any atom is 0.337 e. The van der Waals surface area contributed by atoms with Crippen molar-refractivity contribution in [2.24, 2.45) is 0 Å². The van der Waals surface area contributed by atoms with Crippen LogP contribution in [0, 0.1) is 13.8 Å². The van der Waals surface area contributed by atoms with Gasteiger partial charge in [-0.3, -0.25) is 9.89 Å². The van der Waals surface area contributed by atoms with Crippen LogP contribution in [0.2, 0.25) is 0 Å². The second-order valence-corrected chi connectivity index (χ2v) is 9.81. The molecule has 1 aromatic heterocycles. The first kappa shape index (κ1) is 23.3. The van der Waals surface area contributed by atoms with E-state index in [-0.39, 0.29) is 11.9 Å². The standard InChI is InChI=1S/C28H32N4O3/c1-17-15-24(21-5-4-6-21)25(26-29-18(2)30-31-26)16-23(17)27(33)32-13-11-20(12-14-32)19-7-9-22(10-8-19)28(34)35-3/h7-10,15-16,20-21H,4-6,11-14H2,1-3H3,(H,29,30,31). The molecular formula is C28H32N4O3. The smallest absolute Gasteiger partial charge is 0.337 e. The third kappa shape index (κ3) is 4.59. The van der Waals surface area contributed by atoms with E-state index in [2.05, 4.69) is 21.2 Å². The molecule has 2 fully saturated rings. The van der Waals surface area contributed by atoms with Crippen molar-refractivity contribution in [1.29, 1.82) is 0 Å². The molecule has 0 radical (unpaired) electrons. The van der Waals surface area contributed by atoms with E-state index in [4.69, 9.17) is 4.74 Å². The molecule has 3 aromatic rings. The van der Waals surface area contributed by atoms with Gasteiger partial charge in [-0.2, -0.15) is 5.10 Å². The van der Waals surface area contributed by atoms with E-state index in [0.29, 0.717) is 36.3 Å². The Balaban J connectivity index is 1.33. The third-order valence-electron chi connectivity index (χ3n) is 7.60. The number of piperidine rings is 1. The number of H-pyrrole nitrogens is 1. The molecule has 2 aliphatic rings. The Morgan fingerprint density at radius 3 is 2.29 bits per heavy atom. The number of hydrogen-bond acceptors (Lipinski definition) is 5. The summed E-state index contributed by atoms with van der Waals surface area (Å²) in [4.78, 5) is 31.8. The van der Waals surface area contributed by atoms with Gasteiger partial charge in [-0.05, 0) is 86.3 Å². The van der Waals surface area contributed by atoms with E-state index in [9.17, 15) is 9.59 Å². The number of hydrogen-bond donors (Lipinski definition) is 1. The van der Waals surface area contributed by atoms with Gasteiger partial charge in [0, 0.05) is 24.2 Å². The van der Waals surface area contributed by atoms with Gasteiger partial charge in [0.25, 0.3) is 5.91 Å². The number of benzene rings is 2. The molecule has 1 aliphatic carbocycles. The number of aryl methyl sites for hydroxylation is 2. The fraction of sp³-hybridized carbons (Fsp3) is 0.429. The molecule has 1 aliphatic heterocycles. The molecule has 7 nitrogen and oxygen atoms in total. The summed E-state index contributed by atoms with van der Waals surface area (Å²) in [5.41, 5.74) is 5.77. The van der Waals surface area contributed by atoms with Gasteiger partial charge in [0.1, 0.15) is 5.82 Å². The lowest BCUT2D eigenvalue weighted by atomic mass is 9.77. The van der Waals surface area contributed by atoms with Crippen molar-refractivity contribution in [2.75, 3.05) is 20.2 Å². The first-order chi connectivity index (χ1) is 16.9. The number of ether oxygens (including phenoxy) is 1. The van der Waals surface area contributed by atoms with Crippen LogP contribution in [-0.4, -0.2) is 52.2 Å². The summed E-state index contributed by atoms with van der Waals surface area (Å²) in [6.45, 7) is 5.35. The molecule has 2 aromatic carbocycles. The van der Waals surface area contributed by atoms with Crippen molar-refractivity contribution in [2.45, 2.75) is 57.8 Å². The number of aromatic nitrogens is 3. The predicted octanol–water partition coefficient (Wildman–Crippen LogP) is 5.16. The predicted molar refractivity (Wildman–Crippen MR) is 134 cm³/mol. The zero-order chi connectivity index (χ0) is 24.5. The number of esters is 1. The Morgan fingerprint density at radius 1 is 1.00 bits per heavy atom. The molecule has 2 heterocycles. The van der Waals surface area contributed by atoms with Crippen LogP contribution < -0.4 is 0 Å². The third-order valence-corrected chi connectivity index (χ3v) is 7.60. The molecule has 7 heteroatoms. The van der Waals surface area contributed by atoms with E-state index in [1.54, 1.807) is 0 Å². The maximum absolute atomic E-state index is 13.6. The van der Waals surface area contributed by atoms with Gasteiger partial charge in [-0.15, -0.1) is 0 Å². The summed E-state index contributed by atoms with van der Waals surface area (Å²) in [5.74, 6) is 2.10. The topological polar surface area (TPSA) is 88.2 Å². The van der Waals surface area contributed by atoms with Crippen molar-refractivity contribution in [3.8, 4) is 11.4 Å². The van der Waals surface area contributed by atoms with Crippen LogP contribution >= 0.6 is 0 Å². The number of aromatic amines is 1. The van der Waals surface area contributed by atoms with Gasteiger partial charge in [-0.25, -0.2) is 9.78 Å². The van der Waals surface area contributed by atoms with Gasteiger partial charge < -0.3 is 9.64 Å². The number of carbonyl (C=O) groups is 2. The fourth-order valence-electron chi connectivity index (χ4n) is 5.27. The summed E-state index contributed by atoms with van der Waals surface area (Å²) in [6.07, 6.45) is 5.40. The highest BCUT2D eigenvalue weighted by Crippen LogP contribution is 2.42. The van der Waals surface area contributed by atoms with Gasteiger partial charge in [0.15, 0.2) is 5.82 Å². The molecule has 0 unspecified atom stereocenters. The quantitative estimate of drug-likeness (QED) is 0.518. The van der Waals surface area contributed by atoms with Crippen LogP contribution in [0.4, 0.5) is 0 Å². The Kier molecular flexibility index (Phi) is 6.41. The maximum atomic E-state index is 13.6. The Bertz CT molecular complexity index is 1240. The zero-order valence-corrected chi connectivity index (χ0v) is 20.6. The molecule has 1 saturated heterocycles. The van der Waals surface area contributed by atoms with E-state index < -0.39 is 0 Å². The zero-order valence-electron chi connectivity index (χ0n) is 20.6. The number of amides is 1. The summed E-state index contributed by atoms with van der Waals surface area (Å²) < 4.78 is 4.79. The Morgan fingerprint density at radius 2 is 1.71 bits per heavy atom. The molecule has 0 spiro atoms. The normalized spacial score (nSPS) is 16.7. The minimum atomic E-state index is -0.324. The SMILES string of the molecule is COC(=O)c1ccc(C2CCN(C(=O)c3cc(-c4n[nH]c(C)n4)c(C4CCC4)cc3C)CC2)cc1. The fourth-order valence-corrected chi connectivity index (χ4v) is 5.27. The number of nitrogens with zero attached hydrogens (tertiary/aromatic N) is 3. The number of rotatable bonds is 5. The summed E-state index contributed by atoms with van der Waals surface area (Å²) in [7, 11) is 1.39. The van der Waals surface area contributed by atoms with Crippen LogP contribution in [-0.2, 0) is 4.74 Å². The van der Waals surface area contributed by atoms with Crippen molar-refractivity contribution < 1.29 is 14.3 Å². The van der Waals surface area contributed by atoms with Crippen LogP contribution in [0.25, 0.3) is 11.4 Å². The van der Waals surface area contributed by atoms with Gasteiger partial charge >= 0.3 is 5.97 Å². The second kappa shape index (κ2) is 9.64. The lowest BCUT2D eigenvalue weighted by Crippen LogP contribution is -2.38. The molecule has 1 amide bonds. The van der Waals surface area contributed by atoms with Crippen molar-refractivity contribution in [3.63, 3.8) is 0 Å². The van der Waals surface area contributed by atoms with E-state index in [1.165, 1.54) is 37.5 Å². The highest BCUT2D eigenvalue weighted by molar-refractivity contribution is 5.97. The van der Waals surface area contributed by atoms with Gasteiger partial charge in [0.05, 0.1) is 12.7 Å². The summed E-state index contributed by atoms with van der Waals surface area (Å²) >= 11 is 0. The van der Waals surface area contributed by atoms with E-state index in [1.807, 2.05) is 49.1 Å². The molecular weight excluding hydrogens is 440 g/mol. The average Bonchev–Trinajstić information content (AvgIpc) is 3.28. The second-order valence-electron chi connectivity index (χ2n) is 9.81. The van der Waals surface area contributed by atoms with Crippen LogP contribution in [0.5, 0.6) is 0 Å². The van der Waals surface area contributed by atoms with E-state index in [0.717, 1.165) is 35.4 Å². The molecule has 1 saturated carbocycles. The monoisotopic (exact) mass is 472 g/mol. The van der Waals surface area contributed by atoms with Gasteiger partial charge in [0.2, 0.25) is 0 Å². The summed E-state index contributed by atoms with van der Waals surface area (Å²) in [6, 6.07) is 11.8. The lowest BCUT2D eigenvalue weighted by molar-refractivity contribution is 0.0600. The molecule has 1 N–H and O–H groups in total. The molecule has 0 bridgehead atoms. The Labute approximate surface area is 205 Å². The van der Waals surface area contributed by atoms with Crippen molar-refractivity contribution >= 4 is 11.9 Å². The van der Waals surface area contributed by atoms with Crippen LogP contribution in [0.15, 0.2) is 36.4 Å². The number of carbonyl (C=O) groups excluding carboxylic acids is 2. The molecule has 5 rings (SSSR count). The van der Waals surface area contributed by atoms with Crippen molar-refractivity contribution in [1.82, 2.24) is 20.1 Å². The van der Waals surface area contributed by atoms with Crippen LogP contribution in [0.3, 0.4) is 0 Å². The minimum Gasteiger partial charge on any atom is -0.465 e. The highest BCUT2D eigenvalue weighted by Gasteiger charge is 2.29.